The van der Waals surface area contributed by atoms with Gasteiger partial charge in [-0.1, -0.05) is 125 Å². The van der Waals surface area contributed by atoms with Crippen molar-refractivity contribution in [1.82, 2.24) is 0 Å². The molecule has 6 aromatic carbocycles. The number of aryl methyl sites for hydroxylation is 4. The summed E-state index contributed by atoms with van der Waals surface area (Å²) in [7, 11) is 0. The minimum absolute atomic E-state index is 0.0117. The predicted molar refractivity (Wildman–Crippen MR) is 275 cm³/mol. The fourth-order valence-electron chi connectivity index (χ4n) is 10.7. The van der Waals surface area contributed by atoms with Crippen LogP contribution in [0.25, 0.3) is 33.1 Å². The van der Waals surface area contributed by atoms with Crippen molar-refractivity contribution in [2.45, 2.75) is 126 Å². The third kappa shape index (κ3) is 6.47. The number of benzene rings is 6. The maximum atomic E-state index is 7.39. The highest BCUT2D eigenvalue weighted by Crippen LogP contribution is 2.51. The number of hydrogen-bond acceptors (Lipinski definition) is 4. The number of rotatable bonds is 4. The van der Waals surface area contributed by atoms with E-state index in [1.165, 1.54) is 83.9 Å². The first kappa shape index (κ1) is 42.0. The van der Waals surface area contributed by atoms with E-state index in [0.717, 1.165) is 44.4 Å². The first-order valence-corrected chi connectivity index (χ1v) is 23.3. The summed E-state index contributed by atoms with van der Waals surface area (Å²) in [6.07, 6.45) is 1.91. The zero-order valence-corrected chi connectivity index (χ0v) is 40.7. The second-order valence-corrected chi connectivity index (χ2v) is 22.3. The molecule has 2 aliphatic heterocycles. The minimum Gasteiger partial charge on any atom is -0.468 e. The van der Waals surface area contributed by atoms with Gasteiger partial charge in [0.05, 0.1) is 29.0 Å². The first-order chi connectivity index (χ1) is 30.1. The molecule has 0 aliphatic carbocycles. The normalized spacial score (nSPS) is 13.9. The molecule has 2 aliphatic rings. The second-order valence-electron chi connectivity index (χ2n) is 22.3. The molecule has 5 heteroatoms. The summed E-state index contributed by atoms with van der Waals surface area (Å²) < 4.78 is 13.5. The van der Waals surface area contributed by atoms with E-state index in [2.05, 4.69) is 199 Å². The molecule has 4 nitrogen and oxygen atoms in total. The molecule has 2 aromatic heterocycles. The summed E-state index contributed by atoms with van der Waals surface area (Å²) in [4.78, 5) is 5.20. The molecule has 64 heavy (non-hydrogen) atoms. The van der Waals surface area contributed by atoms with Crippen LogP contribution in [0.15, 0.2) is 112 Å². The number of fused-ring (bicyclic) bond motifs is 7. The topological polar surface area (TPSA) is 32.8 Å². The standard InChI is InChI=1S/C59H63BN2O2/c1-33(2)38-28-48-52-49(29-38)62(54-36(5)26-42(27-37(54)6)59(13,14)15)55-44-30-40(57(7,8)9)21-23-51(44)64-56(55)60(52)46-31-41(58(10,11)12)20-22-47(46)61(48)53-34(3)24-39(25-35(53)4)45-32-63-50-19-17-16-18-43(45)50/h16-33H,1-15H3. The Morgan fingerprint density at radius 3 is 1.70 bits per heavy atom. The van der Waals surface area contributed by atoms with Crippen molar-refractivity contribution < 1.29 is 8.83 Å². The Morgan fingerprint density at radius 1 is 0.516 bits per heavy atom. The lowest BCUT2D eigenvalue weighted by Gasteiger charge is -2.44. The molecule has 4 heterocycles. The number of nitrogens with zero attached hydrogens (tertiary/aromatic N) is 2. The van der Waals surface area contributed by atoms with Crippen LogP contribution in [-0.4, -0.2) is 6.71 Å². The quantitative estimate of drug-likeness (QED) is 0.165. The van der Waals surface area contributed by atoms with Crippen molar-refractivity contribution in [3.8, 4) is 11.1 Å². The third-order valence-electron chi connectivity index (χ3n) is 14.2. The highest BCUT2D eigenvalue weighted by Gasteiger charge is 2.48. The van der Waals surface area contributed by atoms with Crippen LogP contribution in [0.3, 0.4) is 0 Å². The number of furan rings is 2. The van der Waals surface area contributed by atoms with E-state index in [-0.39, 0.29) is 28.9 Å². The van der Waals surface area contributed by atoms with Crippen LogP contribution in [0.4, 0.5) is 34.1 Å². The van der Waals surface area contributed by atoms with Gasteiger partial charge < -0.3 is 18.6 Å². The minimum atomic E-state index is -0.136. The summed E-state index contributed by atoms with van der Waals surface area (Å²) in [6.45, 7) is 34.5. The summed E-state index contributed by atoms with van der Waals surface area (Å²) in [6, 6.07) is 37.0. The Kier molecular flexibility index (Phi) is 9.38. The van der Waals surface area contributed by atoms with Crippen LogP contribution >= 0.6 is 0 Å². The molecular weight excluding hydrogens is 779 g/mol. The molecule has 8 aromatic rings. The SMILES string of the molecule is Cc1cc(-c2coc3ccccc23)cc(C)c1N1c2ccc(C(C)(C)C)cc2B2c3oc4ccc(C(C)(C)C)cc4c3N(c3c(C)cc(C(C)(C)C)cc3C)c3cc(C(C)C)cc1c32. The lowest BCUT2D eigenvalue weighted by molar-refractivity contribution is 0.589. The van der Waals surface area contributed by atoms with Crippen LogP contribution < -0.4 is 26.4 Å². The Hall–Kier alpha value is -5.94. The van der Waals surface area contributed by atoms with E-state index < -0.39 is 0 Å². The summed E-state index contributed by atoms with van der Waals surface area (Å²) in [5.41, 5.74) is 25.0. The molecule has 0 atom stereocenters. The Labute approximate surface area is 381 Å². The lowest BCUT2D eigenvalue weighted by Crippen LogP contribution is -2.61. The van der Waals surface area contributed by atoms with Gasteiger partial charge in [-0.3, -0.25) is 0 Å². The van der Waals surface area contributed by atoms with Crippen molar-refractivity contribution in [2.24, 2.45) is 0 Å². The third-order valence-corrected chi connectivity index (χ3v) is 14.2. The van der Waals surface area contributed by atoms with E-state index in [0.29, 0.717) is 0 Å². The van der Waals surface area contributed by atoms with Crippen molar-refractivity contribution in [3.05, 3.63) is 148 Å². The van der Waals surface area contributed by atoms with Gasteiger partial charge in [-0.2, -0.15) is 0 Å². The average molecular weight is 843 g/mol. The van der Waals surface area contributed by atoms with Crippen LogP contribution in [0.5, 0.6) is 0 Å². The molecule has 0 N–H and O–H groups in total. The molecule has 324 valence electrons. The van der Waals surface area contributed by atoms with Gasteiger partial charge in [-0.05, 0) is 159 Å². The average Bonchev–Trinajstić information content (AvgIpc) is 3.82. The van der Waals surface area contributed by atoms with Crippen molar-refractivity contribution in [2.75, 3.05) is 9.80 Å². The second kappa shape index (κ2) is 14.3. The zero-order valence-electron chi connectivity index (χ0n) is 40.7. The van der Waals surface area contributed by atoms with Crippen molar-refractivity contribution >= 4 is 79.4 Å². The fraction of sp³-hybridized carbons (Fsp3) is 0.322. The van der Waals surface area contributed by atoms with E-state index >= 15 is 0 Å². The molecule has 0 saturated carbocycles. The molecule has 0 amide bonds. The van der Waals surface area contributed by atoms with Crippen LogP contribution in [0, 0.1) is 27.7 Å². The molecule has 0 unspecified atom stereocenters. The van der Waals surface area contributed by atoms with E-state index in [1.807, 2.05) is 18.4 Å². The van der Waals surface area contributed by atoms with Gasteiger partial charge in [0.25, 0.3) is 6.71 Å². The number of hydrogen-bond donors (Lipinski definition) is 0. The Bertz CT molecular complexity index is 3160. The largest absolute Gasteiger partial charge is 0.468 e. The first-order valence-electron chi connectivity index (χ1n) is 23.3. The van der Waals surface area contributed by atoms with E-state index in [4.69, 9.17) is 8.83 Å². The molecule has 0 fully saturated rings. The highest BCUT2D eigenvalue weighted by atomic mass is 16.3. The molecular formula is C59H63BN2O2. The van der Waals surface area contributed by atoms with Gasteiger partial charge in [0.15, 0.2) is 0 Å². The van der Waals surface area contributed by atoms with Gasteiger partial charge in [0, 0.05) is 33.4 Å². The zero-order chi connectivity index (χ0) is 45.5. The van der Waals surface area contributed by atoms with Crippen LogP contribution in [0.2, 0.25) is 0 Å². The Morgan fingerprint density at radius 2 is 1.08 bits per heavy atom. The lowest BCUT2D eigenvalue weighted by atomic mass is 9.35. The summed E-state index contributed by atoms with van der Waals surface area (Å²) in [5, 5.41) is 2.29. The monoisotopic (exact) mass is 842 g/mol. The molecule has 0 bridgehead atoms. The highest BCUT2D eigenvalue weighted by molar-refractivity contribution is 7.00. The van der Waals surface area contributed by atoms with Gasteiger partial charge in [-0.15, -0.1) is 0 Å². The van der Waals surface area contributed by atoms with Gasteiger partial charge in [0.1, 0.15) is 11.2 Å². The molecule has 0 spiro atoms. The van der Waals surface area contributed by atoms with Crippen molar-refractivity contribution in [3.63, 3.8) is 0 Å². The van der Waals surface area contributed by atoms with Gasteiger partial charge >= 0.3 is 0 Å². The Balaban J connectivity index is 1.33. The number of anilines is 6. The van der Waals surface area contributed by atoms with Gasteiger partial charge in [-0.25, -0.2) is 0 Å². The fourth-order valence-corrected chi connectivity index (χ4v) is 10.7. The maximum absolute atomic E-state index is 7.39. The smallest absolute Gasteiger partial charge is 0.297 e. The summed E-state index contributed by atoms with van der Waals surface area (Å²) >= 11 is 0. The molecule has 0 saturated heterocycles. The van der Waals surface area contributed by atoms with Crippen LogP contribution in [-0.2, 0) is 16.2 Å². The predicted octanol–water partition coefficient (Wildman–Crippen LogP) is 15.2. The van der Waals surface area contributed by atoms with E-state index in [9.17, 15) is 0 Å². The molecule has 10 rings (SSSR count). The maximum Gasteiger partial charge on any atom is 0.297 e. The summed E-state index contributed by atoms with van der Waals surface area (Å²) in [5.74, 6) is 0.285. The van der Waals surface area contributed by atoms with Gasteiger partial charge in [0.2, 0.25) is 0 Å². The van der Waals surface area contributed by atoms with Crippen LogP contribution in [0.1, 0.15) is 127 Å². The molecule has 0 radical (unpaired) electrons. The number of para-hydroxylation sites is 1. The van der Waals surface area contributed by atoms with E-state index in [1.54, 1.807) is 0 Å². The van der Waals surface area contributed by atoms with Crippen molar-refractivity contribution in [1.29, 1.82) is 0 Å².